The van der Waals surface area contributed by atoms with Crippen LogP contribution < -0.4 is 15.9 Å². The van der Waals surface area contributed by atoms with Crippen LogP contribution in [-0.2, 0) is 11.2 Å². The van der Waals surface area contributed by atoms with Crippen LogP contribution in [0.25, 0.3) is 0 Å². The van der Waals surface area contributed by atoms with Crippen LogP contribution in [0.3, 0.4) is 0 Å². The molecule has 0 radical (unpaired) electrons. The fourth-order valence-electron chi connectivity index (χ4n) is 4.44. The number of thioether (sulfide) groups is 1. The van der Waals surface area contributed by atoms with Gasteiger partial charge in [0.15, 0.2) is 5.17 Å². The molecule has 246 valence electrons. The Morgan fingerprint density at radius 1 is 1.30 bits per heavy atom. The van der Waals surface area contributed by atoms with Crippen molar-refractivity contribution in [2.45, 2.75) is 80.1 Å². The van der Waals surface area contributed by atoms with Crippen molar-refractivity contribution >= 4 is 35.4 Å². The van der Waals surface area contributed by atoms with E-state index in [1.165, 1.54) is 29.6 Å². The number of nitrogens with zero attached hydrogens (tertiary/aromatic N) is 5. The van der Waals surface area contributed by atoms with Gasteiger partial charge in [-0.05, 0) is 91.1 Å². The zero-order chi connectivity index (χ0) is 32.7. The number of aliphatic hydroxyl groups excluding tert-OH is 1. The minimum Gasteiger partial charge on any atom is -0.492 e. The number of rotatable bonds is 11. The maximum absolute atomic E-state index is 10.4. The van der Waals surface area contributed by atoms with Gasteiger partial charge in [0, 0.05) is 30.6 Å². The van der Waals surface area contributed by atoms with Crippen molar-refractivity contribution in [3.8, 4) is 5.75 Å². The zero-order valence-corrected chi connectivity index (χ0v) is 28.7. The maximum Gasteiger partial charge on any atom is 0.188 e. The quantitative estimate of drug-likeness (QED) is 0.0699. The molecule has 1 saturated heterocycles. The first-order valence-electron chi connectivity index (χ1n) is 15.6. The number of amidine groups is 2. The fourth-order valence-corrected chi connectivity index (χ4v) is 4.80. The summed E-state index contributed by atoms with van der Waals surface area (Å²) in [5.74, 6) is 1.95. The lowest BCUT2D eigenvalue weighted by atomic mass is 9.98. The van der Waals surface area contributed by atoms with Crippen LogP contribution in [0, 0.1) is 12.8 Å². The number of nitrogens with two attached hydrogens (primary N) is 1. The number of carbonyl (C=O) groups is 1. The topological polar surface area (TPSA) is 130 Å². The van der Waals surface area contributed by atoms with Crippen LogP contribution in [-0.4, -0.2) is 77.4 Å². The molecule has 0 spiro atoms. The van der Waals surface area contributed by atoms with Crippen LogP contribution >= 0.6 is 11.8 Å². The van der Waals surface area contributed by atoms with Gasteiger partial charge in [-0.2, -0.15) is 0 Å². The zero-order valence-electron chi connectivity index (χ0n) is 27.9. The Morgan fingerprint density at radius 2 is 2.02 bits per heavy atom. The molecule has 0 unspecified atom stereocenters. The number of hydrogen-bond acceptors (Lipinski definition) is 8. The van der Waals surface area contributed by atoms with Crippen LogP contribution in [0.4, 0.5) is 0 Å². The highest BCUT2D eigenvalue weighted by Crippen LogP contribution is 2.25. The second-order valence-electron chi connectivity index (χ2n) is 10.4. The van der Waals surface area contributed by atoms with E-state index in [9.17, 15) is 9.90 Å². The van der Waals surface area contributed by atoms with E-state index in [1.807, 2.05) is 44.8 Å². The molecule has 4 N–H and O–H groups in total. The van der Waals surface area contributed by atoms with E-state index in [4.69, 9.17) is 10.5 Å². The number of likely N-dealkylation sites (tertiary alicyclic amines) is 1. The molecule has 3 rings (SSSR count). The average Bonchev–Trinajstić information content (AvgIpc) is 3.19. The molecule has 3 heterocycles. The Kier molecular flexibility index (Phi) is 20.6. The van der Waals surface area contributed by atoms with Gasteiger partial charge in [-0.25, -0.2) is 15.0 Å². The number of nitrogens with one attached hydrogen (secondary N) is 1. The van der Waals surface area contributed by atoms with Gasteiger partial charge in [-0.15, -0.1) is 0 Å². The number of fused-ring (bicyclic) bond motifs is 1. The van der Waals surface area contributed by atoms with Crippen molar-refractivity contribution in [1.82, 2.24) is 9.58 Å². The summed E-state index contributed by atoms with van der Waals surface area (Å²) in [5.41, 5.74) is 13.0. The van der Waals surface area contributed by atoms with Gasteiger partial charge in [-0.1, -0.05) is 43.3 Å². The third-order valence-corrected chi connectivity index (χ3v) is 7.73. The third kappa shape index (κ3) is 15.0. The van der Waals surface area contributed by atoms with E-state index >= 15 is 0 Å². The molecule has 10 nitrogen and oxygen atoms in total. The number of piperidine rings is 1. The van der Waals surface area contributed by atoms with Crippen LogP contribution in [0.15, 0.2) is 56.9 Å². The monoisotopic (exact) mass is 629 g/mol. The lowest BCUT2D eigenvalue weighted by molar-refractivity contribution is -0.104. The van der Waals surface area contributed by atoms with E-state index in [-0.39, 0.29) is 0 Å². The summed E-state index contributed by atoms with van der Waals surface area (Å²) in [6, 6.07) is 0. The van der Waals surface area contributed by atoms with Gasteiger partial charge >= 0.3 is 0 Å². The number of aliphatic imine (C=N–C) groups is 3. The van der Waals surface area contributed by atoms with E-state index < -0.39 is 0 Å². The summed E-state index contributed by atoms with van der Waals surface area (Å²) >= 11 is 1.39. The van der Waals surface area contributed by atoms with E-state index in [2.05, 4.69) is 51.3 Å². The second kappa shape index (κ2) is 23.3. The van der Waals surface area contributed by atoms with Gasteiger partial charge in [-0.3, -0.25) is 14.9 Å². The summed E-state index contributed by atoms with van der Waals surface area (Å²) in [6.07, 6.45) is 18.9. The number of ether oxygens (including phenoxy) is 1. The number of hydrogen-bond donors (Lipinski definition) is 3. The molecule has 2 aliphatic rings. The lowest BCUT2D eigenvalue weighted by Crippen LogP contribution is -2.35. The maximum atomic E-state index is 10.4. The van der Waals surface area contributed by atoms with Gasteiger partial charge in [0.1, 0.15) is 24.2 Å². The largest absolute Gasteiger partial charge is 0.492 e. The van der Waals surface area contributed by atoms with Crippen molar-refractivity contribution in [2.24, 2.45) is 26.6 Å². The van der Waals surface area contributed by atoms with Crippen molar-refractivity contribution in [2.75, 3.05) is 44.5 Å². The SMILES string of the molecule is C/C=C(/C)CC/C=C(\C)N.CC.CSC(/N=C1/Cc2c(C)c(OCCCN3CCC(CO)CC3)cn2NC=N1)=N\C=C\C=O. The van der Waals surface area contributed by atoms with E-state index in [0.717, 1.165) is 74.4 Å². The van der Waals surface area contributed by atoms with Gasteiger partial charge in [0.05, 0.1) is 24.9 Å². The molecule has 1 aromatic heterocycles. The predicted octanol–water partition coefficient (Wildman–Crippen LogP) is 5.85. The normalized spacial score (nSPS) is 17.3. The van der Waals surface area contributed by atoms with Crippen molar-refractivity contribution in [3.63, 3.8) is 0 Å². The highest BCUT2D eigenvalue weighted by atomic mass is 32.2. The molecule has 2 aliphatic heterocycles. The van der Waals surface area contributed by atoms with Crippen molar-refractivity contribution in [1.29, 1.82) is 0 Å². The Bertz CT molecular complexity index is 1160. The van der Waals surface area contributed by atoms with E-state index in [1.54, 1.807) is 6.34 Å². The second-order valence-corrected chi connectivity index (χ2v) is 11.2. The summed E-state index contributed by atoms with van der Waals surface area (Å²) in [6.45, 7) is 16.3. The summed E-state index contributed by atoms with van der Waals surface area (Å²) in [5, 5.41) is 9.80. The molecular weight excluding hydrogens is 574 g/mol. The predicted molar refractivity (Wildman–Crippen MR) is 189 cm³/mol. The van der Waals surface area contributed by atoms with Gasteiger partial charge < -0.3 is 20.5 Å². The summed E-state index contributed by atoms with van der Waals surface area (Å²) in [7, 11) is 0. The number of aromatic nitrogens is 1. The Balaban J connectivity index is 0.000000687. The van der Waals surface area contributed by atoms with Crippen LogP contribution in [0.5, 0.6) is 5.75 Å². The van der Waals surface area contributed by atoms with Gasteiger partial charge in [0.25, 0.3) is 0 Å². The molecule has 1 aromatic rings. The van der Waals surface area contributed by atoms with Crippen molar-refractivity contribution < 1.29 is 14.6 Å². The van der Waals surface area contributed by atoms with Gasteiger partial charge in [0.2, 0.25) is 0 Å². The Morgan fingerprint density at radius 3 is 2.64 bits per heavy atom. The molecular formula is C33H55N7O3S. The number of carbonyl (C=O) groups excluding carboxylic acids is 1. The van der Waals surface area contributed by atoms with Crippen LogP contribution in [0.2, 0.25) is 0 Å². The van der Waals surface area contributed by atoms with Crippen LogP contribution in [0.1, 0.15) is 78.0 Å². The molecule has 0 atom stereocenters. The molecule has 0 saturated carbocycles. The standard InChI is InChI=1S/C22H32N6O3S.C9H17N.C2H6/c1-17-19-13-21(26-22(32-2)23-7-3-11-29)24-16-25-28(19)14-20(17)31-12-4-8-27-9-5-18(15-30)6-10-27;1-4-8(2)6-5-7-9(3)10;1-2/h3,7,11,14,16,18,30H,4-6,8-10,12-13,15H2,1-2H3,(H,23,24,25,26);4,7H,5-6,10H2,1-3H3;1-2H3/b7-3+;8-4-,9-7+;. The molecule has 44 heavy (non-hydrogen) atoms. The molecule has 1 fully saturated rings. The molecule has 0 amide bonds. The Labute approximate surface area is 269 Å². The minimum absolute atomic E-state index is 0.309. The number of aldehydes is 1. The minimum atomic E-state index is 0.309. The van der Waals surface area contributed by atoms with Crippen molar-refractivity contribution in [3.05, 3.63) is 53.2 Å². The first kappa shape index (κ1) is 38.9. The molecule has 11 heteroatoms. The summed E-state index contributed by atoms with van der Waals surface area (Å²) < 4.78 is 8.00. The highest BCUT2D eigenvalue weighted by Gasteiger charge is 2.19. The fraction of sp³-hybridized carbons (Fsp3) is 0.576. The Hall–Kier alpha value is -3.15. The summed E-state index contributed by atoms with van der Waals surface area (Å²) in [4.78, 5) is 26.0. The molecule has 0 aromatic carbocycles. The third-order valence-electron chi connectivity index (χ3n) is 7.17. The van der Waals surface area contributed by atoms with E-state index in [0.29, 0.717) is 42.8 Å². The molecule has 0 bridgehead atoms. The lowest BCUT2D eigenvalue weighted by Gasteiger charge is -2.30. The highest BCUT2D eigenvalue weighted by molar-refractivity contribution is 8.13. The smallest absolute Gasteiger partial charge is 0.188 e. The average molecular weight is 630 g/mol. The first-order valence-corrected chi connectivity index (χ1v) is 16.8. The number of allylic oxidation sites excluding steroid dienone is 5. The first-order chi connectivity index (χ1) is 21.3. The molecule has 0 aliphatic carbocycles. The number of aliphatic hydroxyl groups is 1.